The van der Waals surface area contributed by atoms with Crippen molar-refractivity contribution >= 4 is 11.7 Å². The lowest BCUT2D eigenvalue weighted by atomic mass is 9.76. The number of carbonyl (C=O) groups excluding carboxylic acids is 1. The van der Waals surface area contributed by atoms with Crippen LogP contribution in [0.1, 0.15) is 45.4 Å². The van der Waals surface area contributed by atoms with Gasteiger partial charge in [-0.3, -0.25) is 0 Å². The van der Waals surface area contributed by atoms with E-state index in [1.807, 2.05) is 12.2 Å². The van der Waals surface area contributed by atoms with Crippen molar-refractivity contribution in [3.8, 4) is 0 Å². The Hall–Kier alpha value is -2.76. The fourth-order valence-electron chi connectivity index (χ4n) is 4.13. The van der Waals surface area contributed by atoms with Gasteiger partial charge >= 0.3 is 12.1 Å². The molecule has 0 amide bonds. The number of anilines is 1. The lowest BCUT2D eigenvalue weighted by Gasteiger charge is -2.38. The maximum atomic E-state index is 13.5. The smallest absolute Gasteiger partial charge is 0.418 e. The van der Waals surface area contributed by atoms with Gasteiger partial charge < -0.3 is 10.1 Å². The average molecular weight is 373 g/mol. The first-order valence-electron chi connectivity index (χ1n) is 8.71. The third-order valence-corrected chi connectivity index (χ3v) is 5.39. The van der Waals surface area contributed by atoms with Crippen molar-refractivity contribution in [2.75, 3.05) is 12.4 Å². The molecule has 1 aliphatic carbocycles. The summed E-state index contributed by atoms with van der Waals surface area (Å²) >= 11 is 0. The zero-order chi connectivity index (χ0) is 19.2. The number of para-hydroxylation sites is 1. The van der Waals surface area contributed by atoms with Gasteiger partial charge in [0, 0.05) is 5.92 Å². The van der Waals surface area contributed by atoms with E-state index < -0.39 is 17.7 Å². The number of methoxy groups -OCH3 is 1. The molecule has 140 valence electrons. The number of hydrogen-bond acceptors (Lipinski definition) is 3. The van der Waals surface area contributed by atoms with Crippen LogP contribution in [0.25, 0.3) is 0 Å². The number of ether oxygens (including phenoxy) is 1. The van der Waals surface area contributed by atoms with Gasteiger partial charge in [-0.2, -0.15) is 13.2 Å². The summed E-state index contributed by atoms with van der Waals surface area (Å²) in [6.45, 7) is 0. The monoisotopic (exact) mass is 373 g/mol. The van der Waals surface area contributed by atoms with Crippen LogP contribution in [0.3, 0.4) is 0 Å². The first kappa shape index (κ1) is 17.6. The Bertz CT molecular complexity index is 903. The largest absolute Gasteiger partial charge is 0.465 e. The normalized spacial score (nSPS) is 23.3. The Kier molecular flexibility index (Phi) is 4.21. The number of hydrogen-bond donors (Lipinski definition) is 1. The molecule has 27 heavy (non-hydrogen) atoms. The summed E-state index contributed by atoms with van der Waals surface area (Å²) in [6, 6.07) is 10.9. The van der Waals surface area contributed by atoms with Gasteiger partial charge in [0.15, 0.2) is 0 Å². The van der Waals surface area contributed by atoms with E-state index in [9.17, 15) is 18.0 Å². The predicted octanol–water partition coefficient (Wildman–Crippen LogP) is 5.32. The highest BCUT2D eigenvalue weighted by Crippen LogP contribution is 2.52. The van der Waals surface area contributed by atoms with Gasteiger partial charge in [0.2, 0.25) is 0 Å². The number of alkyl halides is 3. The number of benzene rings is 2. The molecule has 0 bridgehead atoms. The third-order valence-electron chi connectivity index (χ3n) is 5.39. The summed E-state index contributed by atoms with van der Waals surface area (Å²) in [4.78, 5) is 11.6. The van der Waals surface area contributed by atoms with Crippen LogP contribution in [0.5, 0.6) is 0 Å². The van der Waals surface area contributed by atoms with E-state index in [0.29, 0.717) is 11.1 Å². The van der Waals surface area contributed by atoms with Gasteiger partial charge in [0.25, 0.3) is 0 Å². The Morgan fingerprint density at radius 3 is 2.56 bits per heavy atom. The van der Waals surface area contributed by atoms with Crippen molar-refractivity contribution in [2.24, 2.45) is 5.92 Å². The van der Waals surface area contributed by atoms with Crippen molar-refractivity contribution < 1.29 is 22.7 Å². The van der Waals surface area contributed by atoms with Gasteiger partial charge in [-0.15, -0.1) is 0 Å². The SMILES string of the molecule is COC(=O)c1ccc([C@H]2Nc3c(cccc3C(F)(F)F)[C@@H]3C=CC[C@@H]23)cc1. The summed E-state index contributed by atoms with van der Waals surface area (Å²) in [5.74, 6) is -0.373. The topological polar surface area (TPSA) is 38.3 Å². The molecule has 2 aromatic rings. The molecule has 2 aliphatic rings. The van der Waals surface area contributed by atoms with Gasteiger partial charge in [-0.25, -0.2) is 4.79 Å². The molecular weight excluding hydrogens is 355 g/mol. The molecule has 0 aromatic heterocycles. The summed E-state index contributed by atoms with van der Waals surface area (Å²) in [5, 5.41) is 3.15. The molecule has 1 N–H and O–H groups in total. The molecule has 0 saturated heterocycles. The van der Waals surface area contributed by atoms with Crippen LogP contribution in [-0.4, -0.2) is 13.1 Å². The van der Waals surface area contributed by atoms with Crippen LogP contribution in [-0.2, 0) is 10.9 Å². The fraction of sp³-hybridized carbons (Fsp3) is 0.286. The summed E-state index contributed by atoms with van der Waals surface area (Å²) in [5.41, 5.74) is 1.46. The second-order valence-electron chi connectivity index (χ2n) is 6.86. The van der Waals surface area contributed by atoms with Crippen LogP contribution in [0.2, 0.25) is 0 Å². The number of nitrogens with one attached hydrogen (secondary N) is 1. The van der Waals surface area contributed by atoms with Crippen LogP contribution in [0.15, 0.2) is 54.6 Å². The zero-order valence-electron chi connectivity index (χ0n) is 14.6. The highest BCUT2D eigenvalue weighted by atomic mass is 19.4. The van der Waals surface area contributed by atoms with E-state index in [0.717, 1.165) is 18.1 Å². The number of halogens is 3. The molecular formula is C21H18F3NO2. The van der Waals surface area contributed by atoms with Crippen molar-refractivity contribution in [2.45, 2.75) is 24.6 Å². The van der Waals surface area contributed by atoms with Gasteiger partial charge in [0.05, 0.1) is 30.0 Å². The lowest BCUT2D eigenvalue weighted by molar-refractivity contribution is -0.137. The highest BCUT2D eigenvalue weighted by molar-refractivity contribution is 5.89. The number of fused-ring (bicyclic) bond motifs is 3. The minimum absolute atomic E-state index is 0.0613. The van der Waals surface area contributed by atoms with Gasteiger partial charge in [0.1, 0.15) is 0 Å². The highest BCUT2D eigenvalue weighted by Gasteiger charge is 2.42. The summed E-state index contributed by atoms with van der Waals surface area (Å²) < 4.78 is 45.3. The molecule has 1 aliphatic heterocycles. The second-order valence-corrected chi connectivity index (χ2v) is 6.86. The van der Waals surface area contributed by atoms with Crippen molar-refractivity contribution in [1.82, 2.24) is 0 Å². The molecule has 1 heterocycles. The summed E-state index contributed by atoms with van der Waals surface area (Å²) in [7, 11) is 1.31. The number of rotatable bonds is 2. The summed E-state index contributed by atoms with van der Waals surface area (Å²) in [6.07, 6.45) is 0.395. The molecule has 6 heteroatoms. The van der Waals surface area contributed by atoms with E-state index in [4.69, 9.17) is 4.74 Å². The van der Waals surface area contributed by atoms with Gasteiger partial charge in [-0.1, -0.05) is 36.4 Å². The molecule has 0 spiro atoms. The van der Waals surface area contributed by atoms with Crippen molar-refractivity contribution in [3.05, 3.63) is 76.9 Å². The number of esters is 1. The third kappa shape index (κ3) is 2.99. The maximum Gasteiger partial charge on any atom is 0.418 e. The first-order chi connectivity index (χ1) is 12.9. The fourth-order valence-corrected chi connectivity index (χ4v) is 4.13. The quantitative estimate of drug-likeness (QED) is 0.572. The molecule has 3 nitrogen and oxygen atoms in total. The molecule has 4 rings (SSSR count). The zero-order valence-corrected chi connectivity index (χ0v) is 14.6. The van der Waals surface area contributed by atoms with Gasteiger partial charge in [-0.05, 0) is 41.7 Å². The van der Waals surface area contributed by atoms with Crippen LogP contribution in [0, 0.1) is 5.92 Å². The van der Waals surface area contributed by atoms with Crippen LogP contribution < -0.4 is 5.32 Å². The molecule has 0 saturated carbocycles. The van der Waals surface area contributed by atoms with Crippen molar-refractivity contribution in [1.29, 1.82) is 0 Å². The number of allylic oxidation sites excluding steroid dienone is 2. The molecule has 0 radical (unpaired) electrons. The number of carbonyl (C=O) groups is 1. The second kappa shape index (κ2) is 6.44. The Balaban J connectivity index is 1.76. The first-order valence-corrected chi connectivity index (χ1v) is 8.71. The minimum atomic E-state index is -4.42. The molecule has 3 atom stereocenters. The molecule has 2 aromatic carbocycles. The van der Waals surface area contributed by atoms with E-state index >= 15 is 0 Å². The average Bonchev–Trinajstić information content (AvgIpc) is 3.15. The maximum absolute atomic E-state index is 13.5. The van der Waals surface area contributed by atoms with E-state index in [1.165, 1.54) is 13.2 Å². The Morgan fingerprint density at radius 1 is 1.15 bits per heavy atom. The van der Waals surface area contributed by atoms with Crippen LogP contribution in [0.4, 0.5) is 18.9 Å². The minimum Gasteiger partial charge on any atom is -0.465 e. The predicted molar refractivity (Wildman–Crippen MR) is 95.6 cm³/mol. The van der Waals surface area contributed by atoms with E-state index in [-0.39, 0.29) is 23.6 Å². The molecule has 0 fully saturated rings. The molecule has 0 unspecified atom stereocenters. The Morgan fingerprint density at radius 2 is 1.89 bits per heavy atom. The standard InChI is InChI=1S/C21H18F3NO2/c1-27-20(26)13-10-8-12(9-11-13)18-15-5-2-4-14(15)16-6-3-7-17(19(16)25-18)21(22,23)24/h2-4,6-11,14-15,18,25H,5H2,1H3/t14-,15-,18-/m1/s1. The van der Waals surface area contributed by atoms with Crippen LogP contribution >= 0.6 is 0 Å². The van der Waals surface area contributed by atoms with Crippen molar-refractivity contribution in [3.63, 3.8) is 0 Å². The lowest BCUT2D eigenvalue weighted by Crippen LogP contribution is -2.30. The van der Waals surface area contributed by atoms with E-state index in [1.54, 1.807) is 30.3 Å². The van der Waals surface area contributed by atoms with E-state index in [2.05, 4.69) is 5.32 Å². The Labute approximate surface area is 154 Å².